The van der Waals surface area contributed by atoms with Crippen molar-refractivity contribution in [1.82, 2.24) is 4.98 Å². The summed E-state index contributed by atoms with van der Waals surface area (Å²) >= 11 is 5.85. The van der Waals surface area contributed by atoms with E-state index in [9.17, 15) is 4.79 Å². The van der Waals surface area contributed by atoms with E-state index in [0.29, 0.717) is 5.57 Å². The van der Waals surface area contributed by atoms with Crippen LogP contribution in [0.15, 0.2) is 17.3 Å². The molecule has 1 rings (SSSR count). The first kappa shape index (κ1) is 14.7. The lowest BCUT2D eigenvalue weighted by Crippen LogP contribution is -2.10. The summed E-state index contributed by atoms with van der Waals surface area (Å²) in [5.41, 5.74) is 6.16. The number of methoxy groups -OCH3 is 1. The Morgan fingerprint density at radius 3 is 2.84 bits per heavy atom. The van der Waals surface area contributed by atoms with E-state index in [1.807, 2.05) is 6.07 Å². The van der Waals surface area contributed by atoms with E-state index in [1.165, 1.54) is 25.6 Å². The number of esters is 1. The van der Waals surface area contributed by atoms with Crippen molar-refractivity contribution in [3.8, 4) is 6.07 Å². The van der Waals surface area contributed by atoms with Crippen LogP contribution in [0.3, 0.4) is 0 Å². The van der Waals surface area contributed by atoms with Gasteiger partial charge >= 0.3 is 5.97 Å². The Morgan fingerprint density at radius 2 is 2.37 bits per heavy atom. The molecule has 1 aromatic rings. The van der Waals surface area contributed by atoms with Crippen LogP contribution in [0.1, 0.15) is 21.7 Å². The standard InChI is InChI=1S/C12H11ClN4O2/c1-16-6-7(4-14)11-8(12(18)19-2)3-9(13)10(5-15)17-11/h3-4,6H,14H2,1-2H3/b7-4+,16-6?. The molecule has 19 heavy (non-hydrogen) atoms. The van der Waals surface area contributed by atoms with Gasteiger partial charge < -0.3 is 10.5 Å². The number of halogens is 1. The second-order valence-corrected chi connectivity index (χ2v) is 3.73. The fraction of sp³-hybridized carbons (Fsp3) is 0.167. The van der Waals surface area contributed by atoms with E-state index < -0.39 is 5.97 Å². The third-order valence-electron chi connectivity index (χ3n) is 2.21. The van der Waals surface area contributed by atoms with Gasteiger partial charge in [0.15, 0.2) is 5.69 Å². The number of pyridine rings is 1. The number of aliphatic imine (C=N–C) groups is 1. The van der Waals surface area contributed by atoms with E-state index >= 15 is 0 Å². The summed E-state index contributed by atoms with van der Waals surface area (Å²) in [5, 5.41) is 8.98. The molecule has 1 aromatic heterocycles. The van der Waals surface area contributed by atoms with Gasteiger partial charge in [-0.2, -0.15) is 5.26 Å². The van der Waals surface area contributed by atoms with Crippen LogP contribution in [-0.4, -0.2) is 31.3 Å². The summed E-state index contributed by atoms with van der Waals surface area (Å²) < 4.78 is 4.65. The number of nitriles is 1. The van der Waals surface area contributed by atoms with Gasteiger partial charge in [0.1, 0.15) is 6.07 Å². The molecule has 6 nitrogen and oxygen atoms in total. The molecule has 98 valence electrons. The summed E-state index contributed by atoms with van der Waals surface area (Å²) in [6.45, 7) is 0. The average molecular weight is 279 g/mol. The smallest absolute Gasteiger partial charge is 0.340 e. The van der Waals surface area contributed by atoms with Gasteiger partial charge in [-0.1, -0.05) is 11.6 Å². The van der Waals surface area contributed by atoms with Crippen molar-refractivity contribution in [2.75, 3.05) is 14.2 Å². The lowest BCUT2D eigenvalue weighted by Gasteiger charge is -2.08. The van der Waals surface area contributed by atoms with Crippen molar-refractivity contribution < 1.29 is 9.53 Å². The summed E-state index contributed by atoms with van der Waals surface area (Å²) in [6, 6.07) is 3.15. The largest absolute Gasteiger partial charge is 0.465 e. The van der Waals surface area contributed by atoms with Crippen LogP contribution in [0.5, 0.6) is 0 Å². The number of rotatable bonds is 3. The maximum absolute atomic E-state index is 11.7. The maximum atomic E-state index is 11.7. The lowest BCUT2D eigenvalue weighted by molar-refractivity contribution is 0.0600. The molecule has 0 aliphatic heterocycles. The monoisotopic (exact) mass is 278 g/mol. The first-order valence-corrected chi connectivity index (χ1v) is 5.50. The van der Waals surface area contributed by atoms with Gasteiger partial charge in [-0.3, -0.25) is 4.99 Å². The first-order chi connectivity index (χ1) is 9.08. The van der Waals surface area contributed by atoms with E-state index in [0.717, 1.165) is 0 Å². The number of nitrogens with two attached hydrogens (primary N) is 1. The third-order valence-corrected chi connectivity index (χ3v) is 2.50. The Morgan fingerprint density at radius 1 is 1.68 bits per heavy atom. The number of allylic oxidation sites excluding steroid dienone is 1. The number of ether oxygens (including phenoxy) is 1. The summed E-state index contributed by atoms with van der Waals surface area (Å²) in [4.78, 5) is 19.5. The second-order valence-electron chi connectivity index (χ2n) is 3.33. The Kier molecular flexibility index (Phi) is 5.03. The molecule has 0 aliphatic rings. The second kappa shape index (κ2) is 6.52. The zero-order chi connectivity index (χ0) is 14.4. The fourth-order valence-corrected chi connectivity index (χ4v) is 1.57. The number of carbonyl (C=O) groups excluding carboxylic acids is 1. The molecule has 0 spiro atoms. The van der Waals surface area contributed by atoms with Crippen LogP contribution in [0.4, 0.5) is 0 Å². The van der Waals surface area contributed by atoms with Crippen LogP contribution in [0.2, 0.25) is 5.02 Å². The normalized spacial score (nSPS) is 11.4. The molecule has 0 saturated heterocycles. The first-order valence-electron chi connectivity index (χ1n) is 5.12. The predicted octanol–water partition coefficient (Wildman–Crippen LogP) is 1.39. The fourth-order valence-electron chi connectivity index (χ4n) is 1.38. The van der Waals surface area contributed by atoms with Gasteiger partial charge in [-0.15, -0.1) is 0 Å². The van der Waals surface area contributed by atoms with Crippen molar-refractivity contribution in [2.45, 2.75) is 0 Å². The van der Waals surface area contributed by atoms with Crippen molar-refractivity contribution in [3.05, 3.63) is 34.2 Å². The topological polar surface area (TPSA) is 101 Å². The van der Waals surface area contributed by atoms with E-state index in [2.05, 4.69) is 14.7 Å². The highest BCUT2D eigenvalue weighted by molar-refractivity contribution is 6.32. The molecule has 0 aliphatic carbocycles. The van der Waals surface area contributed by atoms with Crippen LogP contribution >= 0.6 is 11.6 Å². The zero-order valence-electron chi connectivity index (χ0n) is 10.3. The molecule has 0 atom stereocenters. The highest BCUT2D eigenvalue weighted by atomic mass is 35.5. The van der Waals surface area contributed by atoms with Gasteiger partial charge in [0.25, 0.3) is 0 Å². The van der Waals surface area contributed by atoms with Crippen LogP contribution < -0.4 is 5.73 Å². The molecule has 0 fully saturated rings. The number of hydrogen-bond acceptors (Lipinski definition) is 6. The molecule has 1 heterocycles. The molecule has 0 bridgehead atoms. The van der Waals surface area contributed by atoms with Gasteiger partial charge in [0.05, 0.1) is 23.4 Å². The minimum Gasteiger partial charge on any atom is -0.465 e. The van der Waals surface area contributed by atoms with Crippen LogP contribution in [-0.2, 0) is 4.74 Å². The predicted molar refractivity (Wildman–Crippen MR) is 71.9 cm³/mol. The molecule has 0 saturated carbocycles. The summed E-state index contributed by atoms with van der Waals surface area (Å²) in [6.07, 6.45) is 2.65. The molecule has 7 heteroatoms. The molecular weight excluding hydrogens is 268 g/mol. The molecule has 0 radical (unpaired) electrons. The molecule has 0 amide bonds. The number of aromatic nitrogens is 1. The maximum Gasteiger partial charge on any atom is 0.340 e. The Balaban J connectivity index is 3.59. The van der Waals surface area contributed by atoms with Gasteiger partial charge in [-0.05, 0) is 6.07 Å². The minimum atomic E-state index is -0.627. The molecule has 0 unspecified atom stereocenters. The van der Waals surface area contributed by atoms with Crippen molar-refractivity contribution >= 4 is 29.4 Å². The number of nitrogens with zero attached hydrogens (tertiary/aromatic N) is 3. The van der Waals surface area contributed by atoms with Crippen LogP contribution in [0.25, 0.3) is 5.57 Å². The molecule has 2 N–H and O–H groups in total. The van der Waals surface area contributed by atoms with Crippen LogP contribution in [0, 0.1) is 11.3 Å². The van der Waals surface area contributed by atoms with Crippen molar-refractivity contribution in [3.63, 3.8) is 0 Å². The summed E-state index contributed by atoms with van der Waals surface area (Å²) in [5.74, 6) is -0.627. The van der Waals surface area contributed by atoms with E-state index in [-0.39, 0.29) is 22.0 Å². The molecular formula is C12H11ClN4O2. The third kappa shape index (κ3) is 3.09. The highest BCUT2D eigenvalue weighted by Gasteiger charge is 2.19. The quantitative estimate of drug-likeness (QED) is 0.665. The van der Waals surface area contributed by atoms with Gasteiger partial charge in [0, 0.05) is 25.0 Å². The Labute approximate surface area is 115 Å². The Bertz CT molecular complexity index is 602. The Hall–Kier alpha value is -2.39. The van der Waals surface area contributed by atoms with Crippen molar-refractivity contribution in [2.24, 2.45) is 10.7 Å². The highest BCUT2D eigenvalue weighted by Crippen LogP contribution is 2.23. The van der Waals surface area contributed by atoms with Crippen molar-refractivity contribution in [1.29, 1.82) is 5.26 Å². The van der Waals surface area contributed by atoms with Gasteiger partial charge in [-0.25, -0.2) is 9.78 Å². The number of hydrogen-bond donors (Lipinski definition) is 1. The number of carbonyl (C=O) groups is 1. The summed E-state index contributed by atoms with van der Waals surface area (Å²) in [7, 11) is 2.78. The lowest BCUT2D eigenvalue weighted by atomic mass is 10.1. The van der Waals surface area contributed by atoms with E-state index in [4.69, 9.17) is 22.6 Å². The van der Waals surface area contributed by atoms with Gasteiger partial charge in [0.2, 0.25) is 0 Å². The SMILES string of the molecule is CN=C/C(=C\N)c1nc(C#N)c(Cl)cc1C(=O)OC. The van der Waals surface area contributed by atoms with E-state index in [1.54, 1.807) is 7.05 Å². The molecule has 0 aromatic carbocycles. The minimum absolute atomic E-state index is 0.00632. The zero-order valence-corrected chi connectivity index (χ0v) is 11.1. The average Bonchev–Trinajstić information content (AvgIpc) is 2.43.